The summed E-state index contributed by atoms with van der Waals surface area (Å²) in [4.78, 5) is 22.9. The molecule has 0 bridgehead atoms. The van der Waals surface area contributed by atoms with Gasteiger partial charge in [-0.15, -0.1) is 0 Å². The van der Waals surface area contributed by atoms with Gasteiger partial charge in [-0.25, -0.2) is 4.98 Å². The minimum atomic E-state index is 0.171. The lowest BCUT2D eigenvalue weighted by molar-refractivity contribution is -0.123. The second-order valence-corrected chi connectivity index (χ2v) is 9.26. The molecule has 6 heteroatoms. The average molecular weight is 416 g/mol. The fraction of sp³-hybridized carbons (Fsp3) is 0.652. The molecule has 0 atom stereocenters. The van der Waals surface area contributed by atoms with Gasteiger partial charge in [-0.05, 0) is 37.3 Å². The van der Waals surface area contributed by atoms with Gasteiger partial charge in [0.05, 0.1) is 23.4 Å². The number of aromatic nitrogens is 1. The van der Waals surface area contributed by atoms with E-state index in [4.69, 9.17) is 9.72 Å². The molecule has 1 aliphatic carbocycles. The van der Waals surface area contributed by atoms with E-state index < -0.39 is 0 Å². The van der Waals surface area contributed by atoms with Gasteiger partial charge in [0, 0.05) is 32.1 Å². The van der Waals surface area contributed by atoms with Crippen LogP contribution in [0.3, 0.4) is 0 Å². The van der Waals surface area contributed by atoms with Crippen molar-refractivity contribution >= 4 is 32.6 Å². The lowest BCUT2D eigenvalue weighted by Crippen LogP contribution is -2.41. The number of morpholine rings is 1. The molecule has 2 heterocycles. The molecule has 0 unspecified atom stereocenters. The van der Waals surface area contributed by atoms with Gasteiger partial charge in [0.2, 0.25) is 5.91 Å². The van der Waals surface area contributed by atoms with Crippen LogP contribution in [0, 0.1) is 5.92 Å². The molecular weight excluding hydrogens is 382 g/mol. The maximum absolute atomic E-state index is 13.5. The number of nitrogens with zero attached hydrogens (tertiary/aromatic N) is 3. The average Bonchev–Trinajstić information content (AvgIpc) is 3.21. The Morgan fingerprint density at radius 2 is 2.03 bits per heavy atom. The van der Waals surface area contributed by atoms with Crippen molar-refractivity contribution in [3.8, 4) is 0 Å². The van der Waals surface area contributed by atoms with E-state index in [-0.39, 0.29) is 5.92 Å². The van der Waals surface area contributed by atoms with Crippen LogP contribution in [-0.4, -0.2) is 55.2 Å². The van der Waals surface area contributed by atoms with Crippen molar-refractivity contribution in [2.45, 2.75) is 51.9 Å². The van der Waals surface area contributed by atoms with Crippen LogP contribution < -0.4 is 4.90 Å². The highest BCUT2D eigenvalue weighted by molar-refractivity contribution is 7.22. The minimum Gasteiger partial charge on any atom is -0.379 e. The van der Waals surface area contributed by atoms with E-state index in [0.29, 0.717) is 5.91 Å². The first-order chi connectivity index (χ1) is 14.3. The van der Waals surface area contributed by atoms with Crippen molar-refractivity contribution in [2.75, 3.05) is 44.3 Å². The Hall–Kier alpha value is -1.50. The molecule has 1 saturated heterocycles. The summed E-state index contributed by atoms with van der Waals surface area (Å²) in [5.41, 5.74) is 2.34. The van der Waals surface area contributed by atoms with Gasteiger partial charge >= 0.3 is 0 Å². The first-order valence-electron chi connectivity index (χ1n) is 11.3. The van der Waals surface area contributed by atoms with E-state index in [2.05, 4.69) is 30.0 Å². The number of ether oxygens (including phenoxy) is 1. The number of benzene rings is 1. The Bertz CT molecular complexity index is 810. The van der Waals surface area contributed by atoms with Crippen molar-refractivity contribution in [1.29, 1.82) is 0 Å². The van der Waals surface area contributed by atoms with Gasteiger partial charge in [0.15, 0.2) is 5.13 Å². The number of aryl methyl sites for hydroxylation is 1. The third-order valence-corrected chi connectivity index (χ3v) is 7.33. The van der Waals surface area contributed by atoms with Crippen LogP contribution in [0.25, 0.3) is 10.2 Å². The van der Waals surface area contributed by atoms with Crippen molar-refractivity contribution in [2.24, 2.45) is 5.92 Å². The van der Waals surface area contributed by atoms with Crippen LogP contribution >= 0.6 is 11.3 Å². The molecule has 1 aromatic carbocycles. The van der Waals surface area contributed by atoms with Gasteiger partial charge in [-0.2, -0.15) is 0 Å². The second kappa shape index (κ2) is 10.0. The van der Waals surface area contributed by atoms with E-state index in [1.165, 1.54) is 29.5 Å². The fourth-order valence-electron chi connectivity index (χ4n) is 4.54. The van der Waals surface area contributed by atoms with Gasteiger partial charge in [-0.1, -0.05) is 49.7 Å². The number of carbonyl (C=O) groups excluding carboxylic acids is 1. The number of hydrogen-bond acceptors (Lipinski definition) is 5. The predicted octanol–water partition coefficient (Wildman–Crippen LogP) is 4.49. The van der Waals surface area contributed by atoms with Crippen molar-refractivity contribution in [3.63, 3.8) is 0 Å². The number of para-hydroxylation sites is 1. The highest BCUT2D eigenvalue weighted by Gasteiger charge is 2.29. The van der Waals surface area contributed by atoms with Gasteiger partial charge in [0.25, 0.3) is 0 Å². The third-order valence-electron chi connectivity index (χ3n) is 6.28. The van der Waals surface area contributed by atoms with Crippen LogP contribution in [0.15, 0.2) is 18.2 Å². The monoisotopic (exact) mass is 415 g/mol. The minimum absolute atomic E-state index is 0.171. The first kappa shape index (κ1) is 20.8. The fourth-order valence-corrected chi connectivity index (χ4v) is 5.59. The zero-order chi connectivity index (χ0) is 20.1. The van der Waals surface area contributed by atoms with Gasteiger partial charge in [-0.3, -0.25) is 14.6 Å². The summed E-state index contributed by atoms with van der Waals surface area (Å²) in [5, 5.41) is 0.887. The SMILES string of the molecule is CCc1cccc2sc(N(CCCN3CCOCC3)C(=O)C3CCCCC3)nc12. The number of anilines is 1. The highest BCUT2D eigenvalue weighted by Crippen LogP contribution is 2.34. The largest absolute Gasteiger partial charge is 0.379 e. The zero-order valence-corrected chi connectivity index (χ0v) is 18.4. The number of amides is 1. The predicted molar refractivity (Wildman–Crippen MR) is 120 cm³/mol. The Morgan fingerprint density at radius 3 is 2.79 bits per heavy atom. The Labute approximate surface area is 178 Å². The highest BCUT2D eigenvalue weighted by atomic mass is 32.1. The molecule has 1 amide bonds. The van der Waals surface area contributed by atoms with Crippen LogP contribution in [0.5, 0.6) is 0 Å². The summed E-state index contributed by atoms with van der Waals surface area (Å²) < 4.78 is 6.64. The summed E-state index contributed by atoms with van der Waals surface area (Å²) in [6, 6.07) is 6.39. The van der Waals surface area contributed by atoms with Crippen molar-refractivity contribution in [3.05, 3.63) is 23.8 Å². The lowest BCUT2D eigenvalue weighted by Gasteiger charge is -2.30. The Morgan fingerprint density at radius 1 is 1.24 bits per heavy atom. The van der Waals surface area contributed by atoms with Gasteiger partial charge < -0.3 is 4.74 Å². The van der Waals surface area contributed by atoms with Crippen LogP contribution in [0.4, 0.5) is 5.13 Å². The molecule has 5 nitrogen and oxygen atoms in total. The van der Waals surface area contributed by atoms with Crippen molar-refractivity contribution < 1.29 is 9.53 Å². The van der Waals surface area contributed by atoms with Crippen LogP contribution in [-0.2, 0) is 16.0 Å². The number of hydrogen-bond donors (Lipinski definition) is 0. The van der Waals surface area contributed by atoms with Crippen LogP contribution in [0.2, 0.25) is 0 Å². The summed E-state index contributed by atoms with van der Waals surface area (Å²) >= 11 is 1.67. The van der Waals surface area contributed by atoms with E-state index in [0.717, 1.165) is 75.7 Å². The molecule has 0 spiro atoms. The van der Waals surface area contributed by atoms with Gasteiger partial charge in [0.1, 0.15) is 0 Å². The normalized spacial score (nSPS) is 18.9. The lowest BCUT2D eigenvalue weighted by atomic mass is 9.88. The third kappa shape index (κ3) is 4.98. The number of fused-ring (bicyclic) bond motifs is 1. The summed E-state index contributed by atoms with van der Waals surface area (Å²) in [6.07, 6.45) is 7.63. The second-order valence-electron chi connectivity index (χ2n) is 8.25. The maximum atomic E-state index is 13.5. The Balaban J connectivity index is 1.52. The van der Waals surface area contributed by atoms with E-state index in [1.54, 1.807) is 11.3 Å². The van der Waals surface area contributed by atoms with Crippen molar-refractivity contribution in [1.82, 2.24) is 9.88 Å². The molecule has 2 fully saturated rings. The van der Waals surface area contributed by atoms with Crippen LogP contribution in [0.1, 0.15) is 51.0 Å². The molecular formula is C23H33N3O2S. The van der Waals surface area contributed by atoms with E-state index in [1.807, 2.05) is 4.90 Å². The molecule has 2 aromatic rings. The number of rotatable bonds is 7. The molecule has 0 N–H and O–H groups in total. The number of carbonyl (C=O) groups is 1. The van der Waals surface area contributed by atoms with E-state index >= 15 is 0 Å². The molecule has 4 rings (SSSR count). The first-order valence-corrected chi connectivity index (χ1v) is 12.1. The zero-order valence-electron chi connectivity index (χ0n) is 17.6. The number of thiazole rings is 1. The molecule has 1 aliphatic heterocycles. The summed E-state index contributed by atoms with van der Waals surface area (Å²) in [5.74, 6) is 0.466. The molecule has 158 valence electrons. The molecule has 2 aliphatic rings. The molecule has 29 heavy (non-hydrogen) atoms. The summed E-state index contributed by atoms with van der Waals surface area (Å²) in [6.45, 7) is 7.58. The smallest absolute Gasteiger partial charge is 0.231 e. The maximum Gasteiger partial charge on any atom is 0.231 e. The molecule has 1 aromatic heterocycles. The summed E-state index contributed by atoms with van der Waals surface area (Å²) in [7, 11) is 0. The quantitative estimate of drug-likeness (QED) is 0.668. The molecule has 0 radical (unpaired) electrons. The topological polar surface area (TPSA) is 45.7 Å². The molecule has 1 saturated carbocycles. The Kier molecular flexibility index (Phi) is 7.16. The van der Waals surface area contributed by atoms with E-state index in [9.17, 15) is 4.79 Å². The standard InChI is InChI=1S/C23H33N3O2S/c1-2-18-10-6-11-20-21(18)24-23(29-20)26(22(27)19-8-4-3-5-9-19)13-7-12-25-14-16-28-17-15-25/h6,10-11,19H,2-5,7-9,12-17H2,1H3.